The van der Waals surface area contributed by atoms with Gasteiger partial charge in [-0.05, 0) is 37.4 Å². The number of benzene rings is 2. The van der Waals surface area contributed by atoms with Crippen LogP contribution in [0.15, 0.2) is 48.5 Å². The van der Waals surface area contributed by atoms with Crippen LogP contribution in [0.2, 0.25) is 10.0 Å². The molecule has 0 saturated carbocycles. The van der Waals surface area contributed by atoms with E-state index in [1.54, 1.807) is 42.3 Å². The van der Waals surface area contributed by atoms with Crippen LogP contribution in [0.25, 0.3) is 0 Å². The maximum atomic E-state index is 12.0. The first kappa shape index (κ1) is 18.3. The summed E-state index contributed by atoms with van der Waals surface area (Å²) in [5.74, 6) is -0.436. The first-order valence-corrected chi connectivity index (χ1v) is 7.98. The van der Waals surface area contributed by atoms with Crippen molar-refractivity contribution in [2.24, 2.45) is 0 Å². The fourth-order valence-electron chi connectivity index (χ4n) is 2.04. The fraction of sp³-hybridized carbons (Fsp3) is 0.176. The number of para-hydroxylation sites is 1. The number of likely N-dealkylation sites (N-methyl/N-ethyl adjacent to an activating group) is 1. The van der Waals surface area contributed by atoms with E-state index in [2.05, 4.69) is 10.6 Å². The summed E-state index contributed by atoms with van der Waals surface area (Å²) in [6, 6.07) is 14.0. The Kier molecular flexibility index (Phi) is 6.61. The number of carbonyl (C=O) groups is 2. The van der Waals surface area contributed by atoms with E-state index in [0.29, 0.717) is 15.7 Å². The predicted molar refractivity (Wildman–Crippen MR) is 97.7 cm³/mol. The highest BCUT2D eigenvalue weighted by Crippen LogP contribution is 2.24. The number of nitrogens with one attached hydrogen (secondary N) is 2. The lowest BCUT2D eigenvalue weighted by Gasteiger charge is -2.16. The molecule has 0 bridgehead atoms. The number of halogens is 2. The smallest absolute Gasteiger partial charge is 0.238 e. The van der Waals surface area contributed by atoms with Gasteiger partial charge in [-0.15, -0.1) is 0 Å². The Balaban J connectivity index is 1.80. The van der Waals surface area contributed by atoms with Crippen LogP contribution < -0.4 is 10.6 Å². The Morgan fingerprint density at radius 3 is 2.04 bits per heavy atom. The van der Waals surface area contributed by atoms with Gasteiger partial charge in [0.2, 0.25) is 11.8 Å². The highest BCUT2D eigenvalue weighted by atomic mass is 35.5. The largest absolute Gasteiger partial charge is 0.325 e. The standard InChI is InChI=1S/C17H17Cl2N3O2/c1-22(10-16(23)20-12-5-3-2-4-6-12)11-17(24)21-13-7-8-14(18)15(19)9-13/h2-9H,10-11H2,1H3,(H,20,23)(H,21,24). The zero-order valence-corrected chi connectivity index (χ0v) is 14.6. The van der Waals surface area contributed by atoms with E-state index in [4.69, 9.17) is 23.2 Å². The number of hydrogen-bond acceptors (Lipinski definition) is 3. The summed E-state index contributed by atoms with van der Waals surface area (Å²) in [4.78, 5) is 25.5. The van der Waals surface area contributed by atoms with E-state index in [0.717, 1.165) is 5.69 Å². The summed E-state index contributed by atoms with van der Waals surface area (Å²) in [5, 5.41) is 6.26. The second kappa shape index (κ2) is 8.68. The molecule has 0 aromatic heterocycles. The van der Waals surface area contributed by atoms with Crippen molar-refractivity contribution >= 4 is 46.4 Å². The van der Waals surface area contributed by atoms with Crippen molar-refractivity contribution in [3.63, 3.8) is 0 Å². The molecule has 2 aromatic carbocycles. The molecule has 2 N–H and O–H groups in total. The van der Waals surface area contributed by atoms with Crippen LogP contribution in [0.3, 0.4) is 0 Å². The number of anilines is 2. The lowest BCUT2D eigenvalue weighted by atomic mass is 10.3. The van der Waals surface area contributed by atoms with Crippen LogP contribution in [0.5, 0.6) is 0 Å². The molecular weight excluding hydrogens is 349 g/mol. The predicted octanol–water partition coefficient (Wildman–Crippen LogP) is 3.50. The van der Waals surface area contributed by atoms with Crippen LogP contribution in [-0.4, -0.2) is 36.9 Å². The maximum Gasteiger partial charge on any atom is 0.238 e. The Morgan fingerprint density at radius 1 is 0.875 bits per heavy atom. The van der Waals surface area contributed by atoms with Crippen LogP contribution in [0, 0.1) is 0 Å². The normalized spacial score (nSPS) is 10.5. The zero-order chi connectivity index (χ0) is 17.5. The molecule has 0 atom stereocenters. The topological polar surface area (TPSA) is 61.4 Å². The fourth-order valence-corrected chi connectivity index (χ4v) is 2.34. The van der Waals surface area contributed by atoms with Gasteiger partial charge in [-0.3, -0.25) is 14.5 Å². The minimum Gasteiger partial charge on any atom is -0.325 e. The number of carbonyl (C=O) groups excluding carboxylic acids is 2. The summed E-state index contributed by atoms with van der Waals surface area (Å²) < 4.78 is 0. The van der Waals surface area contributed by atoms with Crippen LogP contribution in [0.1, 0.15) is 0 Å². The van der Waals surface area contributed by atoms with Gasteiger partial charge in [0.25, 0.3) is 0 Å². The molecule has 5 nitrogen and oxygen atoms in total. The van der Waals surface area contributed by atoms with E-state index < -0.39 is 0 Å². The maximum absolute atomic E-state index is 12.0. The molecule has 126 valence electrons. The highest BCUT2D eigenvalue weighted by Gasteiger charge is 2.11. The lowest BCUT2D eigenvalue weighted by Crippen LogP contribution is -2.36. The summed E-state index contributed by atoms with van der Waals surface area (Å²) in [6.07, 6.45) is 0. The van der Waals surface area contributed by atoms with Gasteiger partial charge in [0, 0.05) is 11.4 Å². The Bertz CT molecular complexity index is 723. The van der Waals surface area contributed by atoms with E-state index in [-0.39, 0.29) is 24.9 Å². The minimum absolute atomic E-state index is 0.0719. The van der Waals surface area contributed by atoms with Gasteiger partial charge in [0.05, 0.1) is 23.1 Å². The molecule has 0 spiro atoms. The van der Waals surface area contributed by atoms with Crippen molar-refractivity contribution in [2.45, 2.75) is 0 Å². The van der Waals surface area contributed by atoms with Crippen molar-refractivity contribution in [3.05, 3.63) is 58.6 Å². The second-order valence-electron chi connectivity index (χ2n) is 5.26. The molecule has 0 unspecified atom stereocenters. The van der Waals surface area contributed by atoms with Gasteiger partial charge < -0.3 is 10.6 Å². The number of rotatable bonds is 6. The average Bonchev–Trinajstić information content (AvgIpc) is 2.51. The molecule has 0 aliphatic carbocycles. The molecule has 0 fully saturated rings. The van der Waals surface area contributed by atoms with Crippen LogP contribution >= 0.6 is 23.2 Å². The first-order valence-electron chi connectivity index (χ1n) is 7.22. The highest BCUT2D eigenvalue weighted by molar-refractivity contribution is 6.42. The van der Waals surface area contributed by atoms with E-state index >= 15 is 0 Å². The zero-order valence-electron chi connectivity index (χ0n) is 13.1. The van der Waals surface area contributed by atoms with Crippen molar-refractivity contribution in [3.8, 4) is 0 Å². The van der Waals surface area contributed by atoms with Gasteiger partial charge in [-0.1, -0.05) is 41.4 Å². The molecule has 2 rings (SSSR count). The molecule has 7 heteroatoms. The van der Waals surface area contributed by atoms with Gasteiger partial charge in [0.1, 0.15) is 0 Å². The van der Waals surface area contributed by atoms with E-state index in [1.165, 1.54) is 0 Å². The molecule has 0 saturated heterocycles. The molecule has 2 aromatic rings. The van der Waals surface area contributed by atoms with E-state index in [9.17, 15) is 9.59 Å². The van der Waals surface area contributed by atoms with Crippen LogP contribution in [0.4, 0.5) is 11.4 Å². The van der Waals surface area contributed by atoms with Gasteiger partial charge in [-0.25, -0.2) is 0 Å². The average molecular weight is 366 g/mol. The first-order chi connectivity index (χ1) is 11.4. The third-order valence-corrected chi connectivity index (χ3v) is 3.83. The molecule has 0 heterocycles. The van der Waals surface area contributed by atoms with Crippen molar-refractivity contribution in [1.29, 1.82) is 0 Å². The molecule has 24 heavy (non-hydrogen) atoms. The Labute approximate surface area is 150 Å². The Morgan fingerprint density at radius 2 is 1.46 bits per heavy atom. The van der Waals surface area contributed by atoms with Gasteiger partial charge in [-0.2, -0.15) is 0 Å². The number of hydrogen-bond donors (Lipinski definition) is 2. The quantitative estimate of drug-likeness (QED) is 0.823. The second-order valence-corrected chi connectivity index (χ2v) is 6.08. The van der Waals surface area contributed by atoms with Gasteiger partial charge >= 0.3 is 0 Å². The molecule has 0 aliphatic heterocycles. The number of amides is 2. The summed E-state index contributed by atoms with van der Waals surface area (Å²) in [6.45, 7) is 0.173. The minimum atomic E-state index is -0.247. The monoisotopic (exact) mass is 365 g/mol. The number of nitrogens with zero attached hydrogens (tertiary/aromatic N) is 1. The van der Waals surface area contributed by atoms with Crippen molar-refractivity contribution in [1.82, 2.24) is 4.90 Å². The molecule has 0 radical (unpaired) electrons. The summed E-state index contributed by atoms with van der Waals surface area (Å²) in [7, 11) is 1.69. The van der Waals surface area contributed by atoms with Crippen LogP contribution in [-0.2, 0) is 9.59 Å². The van der Waals surface area contributed by atoms with Crippen molar-refractivity contribution in [2.75, 3.05) is 30.8 Å². The summed E-state index contributed by atoms with van der Waals surface area (Å²) in [5.41, 5.74) is 1.27. The summed E-state index contributed by atoms with van der Waals surface area (Å²) >= 11 is 11.7. The third-order valence-electron chi connectivity index (χ3n) is 3.09. The molecule has 2 amide bonds. The molecular formula is C17H17Cl2N3O2. The molecule has 0 aliphatic rings. The van der Waals surface area contributed by atoms with Crippen molar-refractivity contribution < 1.29 is 9.59 Å². The lowest BCUT2D eigenvalue weighted by molar-refractivity contribution is -0.119. The van der Waals surface area contributed by atoms with E-state index in [1.807, 2.05) is 18.2 Å². The Hall–Kier alpha value is -2.08. The van der Waals surface area contributed by atoms with Gasteiger partial charge in [0.15, 0.2) is 0 Å². The third kappa shape index (κ3) is 5.85. The SMILES string of the molecule is CN(CC(=O)Nc1ccccc1)CC(=O)Nc1ccc(Cl)c(Cl)c1.